The molecule has 0 aliphatic carbocycles. The predicted octanol–water partition coefficient (Wildman–Crippen LogP) is 3.74. The molecule has 0 amide bonds. The second-order valence-electron chi connectivity index (χ2n) is 6.86. The number of hydrogen-bond donors (Lipinski definition) is 0. The Bertz CT molecular complexity index is 671. The van der Waals surface area contributed by atoms with Crippen LogP contribution < -0.4 is 9.47 Å². The summed E-state index contributed by atoms with van der Waals surface area (Å²) in [4.78, 5) is 0. The van der Waals surface area contributed by atoms with Gasteiger partial charge < -0.3 is 23.7 Å². The van der Waals surface area contributed by atoms with E-state index < -0.39 is 0 Å². The number of ether oxygens (including phenoxy) is 5. The van der Waals surface area contributed by atoms with Crippen LogP contribution in [-0.2, 0) is 27.4 Å². The van der Waals surface area contributed by atoms with Gasteiger partial charge in [-0.3, -0.25) is 0 Å². The lowest BCUT2D eigenvalue weighted by Crippen LogP contribution is -2.11. The number of benzene rings is 2. The van der Waals surface area contributed by atoms with Gasteiger partial charge in [0.2, 0.25) is 0 Å². The molecule has 2 aliphatic rings. The Hall–Kier alpha value is -2.08. The first-order valence-electron chi connectivity index (χ1n) is 9.62. The minimum Gasteiger partial charge on any atom is -0.493 e. The van der Waals surface area contributed by atoms with E-state index >= 15 is 0 Å². The van der Waals surface area contributed by atoms with Gasteiger partial charge >= 0.3 is 0 Å². The summed E-state index contributed by atoms with van der Waals surface area (Å²) >= 11 is 0. The average Bonchev–Trinajstić information content (AvgIpc) is 3.44. The number of hydrogen-bond acceptors (Lipinski definition) is 5. The van der Waals surface area contributed by atoms with Gasteiger partial charge in [0.15, 0.2) is 0 Å². The molecule has 2 atom stereocenters. The third kappa shape index (κ3) is 5.22. The van der Waals surface area contributed by atoms with Gasteiger partial charge in [0.05, 0.1) is 39.6 Å². The Labute approximate surface area is 160 Å². The van der Waals surface area contributed by atoms with Crippen LogP contribution in [0.3, 0.4) is 0 Å². The molecule has 0 bridgehead atoms. The lowest BCUT2D eigenvalue weighted by atomic mass is 10.2. The summed E-state index contributed by atoms with van der Waals surface area (Å²) in [5.41, 5.74) is 2.13. The monoisotopic (exact) mass is 370 g/mol. The molecule has 2 aromatic carbocycles. The lowest BCUT2D eigenvalue weighted by Gasteiger charge is -2.13. The van der Waals surface area contributed by atoms with Crippen molar-refractivity contribution in [3.63, 3.8) is 0 Å². The van der Waals surface area contributed by atoms with Crippen LogP contribution >= 0.6 is 0 Å². The zero-order valence-corrected chi connectivity index (χ0v) is 15.5. The van der Waals surface area contributed by atoms with Gasteiger partial charge in [-0.25, -0.2) is 0 Å². The summed E-state index contributed by atoms with van der Waals surface area (Å²) in [5.74, 6) is 1.78. The predicted molar refractivity (Wildman–Crippen MR) is 101 cm³/mol. The van der Waals surface area contributed by atoms with Crippen LogP contribution in [-0.4, -0.2) is 38.6 Å². The molecule has 0 aromatic heterocycles. The Kier molecular flexibility index (Phi) is 6.25. The second-order valence-corrected chi connectivity index (χ2v) is 6.86. The van der Waals surface area contributed by atoms with Crippen LogP contribution in [0.15, 0.2) is 48.5 Å². The summed E-state index contributed by atoms with van der Waals surface area (Å²) < 4.78 is 29.2. The summed E-state index contributed by atoms with van der Waals surface area (Å²) in [6.07, 6.45) is 2.10. The fourth-order valence-corrected chi connectivity index (χ4v) is 3.14. The van der Waals surface area contributed by atoms with Gasteiger partial charge in [-0.1, -0.05) is 36.4 Å². The van der Waals surface area contributed by atoms with E-state index in [9.17, 15) is 0 Å². The Morgan fingerprint density at radius 2 is 1.11 bits per heavy atom. The maximum atomic E-state index is 5.95. The minimum absolute atomic E-state index is 0.114. The molecule has 5 heteroatoms. The van der Waals surface area contributed by atoms with Crippen LogP contribution in [0, 0.1) is 0 Å². The molecule has 2 unspecified atom stereocenters. The summed E-state index contributed by atoms with van der Waals surface area (Å²) in [5, 5.41) is 0. The molecule has 0 saturated carbocycles. The van der Waals surface area contributed by atoms with Crippen molar-refractivity contribution in [3.8, 4) is 11.5 Å². The Balaban J connectivity index is 1.38. The number of para-hydroxylation sites is 2. The van der Waals surface area contributed by atoms with Crippen LogP contribution in [0.1, 0.15) is 24.0 Å². The van der Waals surface area contributed by atoms with Gasteiger partial charge in [-0.15, -0.1) is 0 Å². The van der Waals surface area contributed by atoms with Crippen LogP contribution in [0.5, 0.6) is 11.5 Å². The van der Waals surface area contributed by atoms with Crippen molar-refractivity contribution in [3.05, 3.63) is 59.7 Å². The average molecular weight is 370 g/mol. The molecule has 0 radical (unpaired) electrons. The highest BCUT2D eigenvalue weighted by atomic mass is 16.6. The van der Waals surface area contributed by atoms with Crippen molar-refractivity contribution in [2.75, 3.05) is 26.4 Å². The van der Waals surface area contributed by atoms with E-state index in [2.05, 4.69) is 0 Å². The van der Waals surface area contributed by atoms with E-state index in [0.717, 1.165) is 35.5 Å². The van der Waals surface area contributed by atoms with E-state index in [1.165, 1.54) is 0 Å². The van der Waals surface area contributed by atoms with Gasteiger partial charge in [-0.2, -0.15) is 0 Å². The van der Waals surface area contributed by atoms with Gasteiger partial charge in [-0.05, 0) is 25.0 Å². The fraction of sp³-hybridized carbons (Fsp3) is 0.455. The molecule has 27 heavy (non-hydrogen) atoms. The first kappa shape index (κ1) is 18.3. The zero-order chi connectivity index (χ0) is 18.3. The van der Waals surface area contributed by atoms with Crippen LogP contribution in [0.4, 0.5) is 0 Å². The molecule has 0 N–H and O–H groups in total. The summed E-state index contributed by atoms with van der Waals surface area (Å²) in [6.45, 7) is 3.53. The maximum Gasteiger partial charge on any atom is 0.124 e. The van der Waals surface area contributed by atoms with E-state index in [4.69, 9.17) is 23.7 Å². The van der Waals surface area contributed by atoms with E-state index in [0.29, 0.717) is 39.6 Å². The van der Waals surface area contributed by atoms with Crippen molar-refractivity contribution >= 4 is 0 Å². The van der Waals surface area contributed by atoms with Gasteiger partial charge in [0, 0.05) is 11.1 Å². The molecule has 1 saturated heterocycles. The highest BCUT2D eigenvalue weighted by molar-refractivity contribution is 5.33. The van der Waals surface area contributed by atoms with Crippen LogP contribution in [0.2, 0.25) is 0 Å². The van der Waals surface area contributed by atoms with Crippen molar-refractivity contribution in [2.45, 2.75) is 38.3 Å². The molecule has 2 aliphatic heterocycles. The maximum absolute atomic E-state index is 5.95. The fourth-order valence-electron chi connectivity index (χ4n) is 3.14. The molecule has 2 aromatic rings. The molecule has 4 rings (SSSR count). The molecule has 1 fully saturated rings. The number of fused-ring (bicyclic) bond motifs is 3. The third-order valence-corrected chi connectivity index (χ3v) is 4.77. The highest BCUT2D eigenvalue weighted by Gasteiger charge is 2.39. The minimum atomic E-state index is 0.114. The standard InChI is InChI=1S/C22H26O5/c1-3-9-19-17(7-1)13-23-15-21-22(27-21)16-24-14-18-8-2-4-10-20(18)26-12-6-5-11-25-19/h1-4,7-10,21-22H,5-6,11-16H2. The van der Waals surface area contributed by atoms with Gasteiger partial charge in [0.1, 0.15) is 23.7 Å². The number of epoxide rings is 1. The van der Waals surface area contributed by atoms with E-state index in [1.807, 2.05) is 48.5 Å². The molecular formula is C22H26O5. The molecule has 144 valence electrons. The van der Waals surface area contributed by atoms with Crippen molar-refractivity contribution in [1.29, 1.82) is 0 Å². The SMILES string of the molecule is c1ccc2c(c1)COCC1OC1COCc1ccccc1OCCCCO2. The lowest BCUT2D eigenvalue weighted by molar-refractivity contribution is 0.101. The summed E-state index contributed by atoms with van der Waals surface area (Å²) in [6, 6.07) is 16.1. The van der Waals surface area contributed by atoms with Crippen LogP contribution in [0.25, 0.3) is 0 Å². The second kappa shape index (κ2) is 9.22. The molecule has 2 heterocycles. The van der Waals surface area contributed by atoms with Crippen molar-refractivity contribution < 1.29 is 23.7 Å². The normalized spacial score (nSPS) is 24.0. The zero-order valence-electron chi connectivity index (χ0n) is 15.5. The number of rotatable bonds is 0. The third-order valence-electron chi connectivity index (χ3n) is 4.77. The Morgan fingerprint density at radius 1 is 0.630 bits per heavy atom. The van der Waals surface area contributed by atoms with E-state index in [-0.39, 0.29) is 12.2 Å². The molecule has 5 nitrogen and oxygen atoms in total. The quantitative estimate of drug-likeness (QED) is 0.661. The largest absolute Gasteiger partial charge is 0.493 e. The van der Waals surface area contributed by atoms with Crippen molar-refractivity contribution in [2.24, 2.45) is 0 Å². The summed E-state index contributed by atoms with van der Waals surface area (Å²) in [7, 11) is 0. The van der Waals surface area contributed by atoms with Crippen molar-refractivity contribution in [1.82, 2.24) is 0 Å². The Morgan fingerprint density at radius 3 is 1.63 bits per heavy atom. The first-order valence-corrected chi connectivity index (χ1v) is 9.62. The smallest absolute Gasteiger partial charge is 0.124 e. The topological polar surface area (TPSA) is 49.5 Å². The van der Waals surface area contributed by atoms with E-state index in [1.54, 1.807) is 0 Å². The van der Waals surface area contributed by atoms with Gasteiger partial charge in [0.25, 0.3) is 0 Å². The first-order chi connectivity index (χ1) is 13.4. The molecule has 0 spiro atoms. The molecular weight excluding hydrogens is 344 g/mol. The highest BCUT2D eigenvalue weighted by Crippen LogP contribution is 2.26.